The molecule has 0 spiro atoms. The molecule has 0 bridgehead atoms. The summed E-state index contributed by atoms with van der Waals surface area (Å²) in [6.07, 6.45) is 0. The van der Waals surface area contributed by atoms with Crippen LogP contribution in [0.2, 0.25) is 5.02 Å². The smallest absolute Gasteiger partial charge is 0.182 e. The van der Waals surface area contributed by atoms with E-state index >= 15 is 0 Å². The van der Waals surface area contributed by atoms with Gasteiger partial charge in [0, 0.05) is 4.47 Å². The first kappa shape index (κ1) is 14.6. The molecule has 7 heteroatoms. The molecule has 0 aliphatic heterocycles. The minimum absolute atomic E-state index is 0.265. The SMILES string of the molecule is COc1cccc2c1[nH]c(=S)n2-c1c(Cl)cc(F)cc1Br. The Morgan fingerprint density at radius 1 is 1.38 bits per heavy atom. The summed E-state index contributed by atoms with van der Waals surface area (Å²) in [7, 11) is 1.59. The normalized spacial score (nSPS) is 11.0. The molecule has 3 aromatic rings. The topological polar surface area (TPSA) is 29.9 Å². The van der Waals surface area contributed by atoms with Crippen molar-refractivity contribution in [3.8, 4) is 11.4 Å². The van der Waals surface area contributed by atoms with Crippen LogP contribution in [0.15, 0.2) is 34.8 Å². The number of aromatic nitrogens is 2. The average molecular weight is 388 g/mol. The van der Waals surface area contributed by atoms with E-state index in [1.54, 1.807) is 11.7 Å². The molecule has 3 nitrogen and oxygen atoms in total. The Labute approximate surface area is 138 Å². The maximum absolute atomic E-state index is 13.4. The third-order valence-electron chi connectivity index (χ3n) is 3.11. The molecule has 0 aliphatic rings. The third-order valence-corrected chi connectivity index (χ3v) is 4.28. The quantitative estimate of drug-likeness (QED) is 0.609. The van der Waals surface area contributed by atoms with E-state index in [1.807, 2.05) is 18.2 Å². The first-order valence-electron chi connectivity index (χ1n) is 5.95. The molecule has 1 aromatic heterocycles. The largest absolute Gasteiger partial charge is 0.494 e. The van der Waals surface area contributed by atoms with Gasteiger partial charge in [0.05, 0.1) is 23.3 Å². The number of halogens is 3. The van der Waals surface area contributed by atoms with Crippen LogP contribution in [0.3, 0.4) is 0 Å². The molecule has 0 aliphatic carbocycles. The van der Waals surface area contributed by atoms with Crippen LogP contribution >= 0.6 is 39.7 Å². The van der Waals surface area contributed by atoms with Crippen molar-refractivity contribution in [1.29, 1.82) is 0 Å². The van der Waals surface area contributed by atoms with E-state index in [1.165, 1.54) is 12.1 Å². The van der Waals surface area contributed by atoms with Crippen molar-refractivity contribution in [1.82, 2.24) is 9.55 Å². The molecule has 0 fully saturated rings. The van der Waals surface area contributed by atoms with Gasteiger partial charge in [0.2, 0.25) is 0 Å². The molecular weight excluding hydrogens is 379 g/mol. The van der Waals surface area contributed by atoms with E-state index in [2.05, 4.69) is 20.9 Å². The molecule has 0 saturated heterocycles. The number of hydrogen-bond acceptors (Lipinski definition) is 2. The van der Waals surface area contributed by atoms with Crippen molar-refractivity contribution in [2.75, 3.05) is 7.11 Å². The van der Waals surface area contributed by atoms with E-state index in [4.69, 9.17) is 28.6 Å². The van der Waals surface area contributed by atoms with Crippen molar-refractivity contribution in [3.63, 3.8) is 0 Å². The van der Waals surface area contributed by atoms with E-state index in [0.29, 0.717) is 20.7 Å². The highest BCUT2D eigenvalue weighted by Crippen LogP contribution is 2.34. The molecule has 1 heterocycles. The molecule has 0 saturated carbocycles. The summed E-state index contributed by atoms with van der Waals surface area (Å²) in [5.74, 6) is 0.256. The minimum atomic E-state index is -0.417. The Morgan fingerprint density at radius 3 is 2.81 bits per heavy atom. The summed E-state index contributed by atoms with van der Waals surface area (Å²) in [6.45, 7) is 0. The molecule has 1 N–H and O–H groups in total. The van der Waals surface area contributed by atoms with Crippen molar-refractivity contribution in [2.24, 2.45) is 0 Å². The highest BCUT2D eigenvalue weighted by atomic mass is 79.9. The zero-order chi connectivity index (χ0) is 15.1. The Bertz CT molecular complexity index is 883. The van der Waals surface area contributed by atoms with Gasteiger partial charge in [-0.15, -0.1) is 0 Å². The van der Waals surface area contributed by atoms with Gasteiger partial charge in [-0.1, -0.05) is 17.7 Å². The number of ether oxygens (including phenoxy) is 1. The number of rotatable bonds is 2. The number of para-hydroxylation sites is 1. The van der Waals surface area contributed by atoms with Gasteiger partial charge >= 0.3 is 0 Å². The molecule has 0 atom stereocenters. The standard InChI is InChI=1S/C14H9BrClFN2OS/c1-20-11-4-2-3-10-12(11)18-14(21)19(10)13-8(15)5-7(17)6-9(13)16/h2-6H,1H3,(H,18,21). The van der Waals surface area contributed by atoms with Gasteiger partial charge in [-0.2, -0.15) is 0 Å². The van der Waals surface area contributed by atoms with Crippen molar-refractivity contribution in [2.45, 2.75) is 0 Å². The molecule has 21 heavy (non-hydrogen) atoms. The lowest BCUT2D eigenvalue weighted by molar-refractivity contribution is 0.419. The fourth-order valence-electron chi connectivity index (χ4n) is 2.24. The number of methoxy groups -OCH3 is 1. The number of nitrogens with zero attached hydrogens (tertiary/aromatic N) is 1. The van der Waals surface area contributed by atoms with Gasteiger partial charge in [0.15, 0.2) is 4.77 Å². The van der Waals surface area contributed by atoms with Crippen LogP contribution < -0.4 is 4.74 Å². The van der Waals surface area contributed by atoms with Crippen LogP contribution in [0.5, 0.6) is 5.75 Å². The highest BCUT2D eigenvalue weighted by Gasteiger charge is 2.16. The van der Waals surface area contributed by atoms with E-state index in [9.17, 15) is 4.39 Å². The number of hydrogen-bond donors (Lipinski definition) is 1. The number of aromatic amines is 1. The molecule has 2 aromatic carbocycles. The lowest BCUT2D eigenvalue weighted by Crippen LogP contribution is -1.97. The zero-order valence-electron chi connectivity index (χ0n) is 10.8. The fraction of sp³-hybridized carbons (Fsp3) is 0.0714. The predicted octanol–water partition coefficient (Wildman–Crippen LogP) is 5.25. The monoisotopic (exact) mass is 386 g/mol. The second-order valence-corrected chi connectivity index (χ2v) is 5.99. The molecule has 0 unspecified atom stereocenters. The van der Waals surface area contributed by atoms with Crippen LogP contribution in [0.25, 0.3) is 16.7 Å². The molecular formula is C14H9BrClFN2OS. The van der Waals surface area contributed by atoms with Gasteiger partial charge < -0.3 is 9.72 Å². The summed E-state index contributed by atoms with van der Waals surface area (Å²) in [6, 6.07) is 8.17. The second-order valence-electron chi connectivity index (χ2n) is 4.34. The average Bonchev–Trinajstić information content (AvgIpc) is 2.74. The second kappa shape index (κ2) is 5.44. The molecule has 0 radical (unpaired) electrons. The number of nitrogens with one attached hydrogen (secondary N) is 1. The number of H-pyrrole nitrogens is 1. The Hall–Kier alpha value is -1.37. The maximum atomic E-state index is 13.4. The van der Waals surface area contributed by atoms with Crippen molar-refractivity contribution < 1.29 is 9.13 Å². The third kappa shape index (κ3) is 2.37. The van der Waals surface area contributed by atoms with Crippen LogP contribution in [-0.2, 0) is 0 Å². The maximum Gasteiger partial charge on any atom is 0.182 e. The van der Waals surface area contributed by atoms with E-state index in [-0.39, 0.29) is 5.02 Å². The van der Waals surface area contributed by atoms with E-state index < -0.39 is 5.82 Å². The lowest BCUT2D eigenvalue weighted by atomic mass is 10.2. The van der Waals surface area contributed by atoms with Gasteiger partial charge in [-0.25, -0.2) is 4.39 Å². The summed E-state index contributed by atoms with van der Waals surface area (Å²) >= 11 is 14.9. The highest BCUT2D eigenvalue weighted by molar-refractivity contribution is 9.10. The van der Waals surface area contributed by atoms with Crippen LogP contribution in [0, 0.1) is 10.6 Å². The van der Waals surface area contributed by atoms with Gasteiger partial charge in [-0.05, 0) is 52.4 Å². The summed E-state index contributed by atoms with van der Waals surface area (Å²) in [5.41, 5.74) is 2.15. The molecule has 0 amide bonds. The van der Waals surface area contributed by atoms with Gasteiger partial charge in [0.25, 0.3) is 0 Å². The number of fused-ring (bicyclic) bond motifs is 1. The van der Waals surface area contributed by atoms with Gasteiger partial charge in [-0.3, -0.25) is 4.57 Å². The first-order valence-corrected chi connectivity index (χ1v) is 7.53. The summed E-state index contributed by atoms with van der Waals surface area (Å²) in [4.78, 5) is 3.09. The fourth-order valence-corrected chi connectivity index (χ4v) is 3.55. The van der Waals surface area contributed by atoms with Crippen molar-refractivity contribution >= 4 is 50.8 Å². The predicted molar refractivity (Wildman–Crippen MR) is 87.7 cm³/mol. The molecule has 108 valence electrons. The zero-order valence-corrected chi connectivity index (χ0v) is 13.9. The molecule has 3 rings (SSSR count). The lowest BCUT2D eigenvalue weighted by Gasteiger charge is -2.10. The number of imidazole rings is 1. The van der Waals surface area contributed by atoms with Crippen molar-refractivity contribution in [3.05, 3.63) is 50.4 Å². The Balaban J connectivity index is 2.42. The van der Waals surface area contributed by atoms with Crippen LogP contribution in [0.1, 0.15) is 0 Å². The number of benzene rings is 2. The summed E-state index contributed by atoms with van der Waals surface area (Å²) in [5, 5.41) is 0.265. The Kier molecular flexibility index (Phi) is 3.77. The van der Waals surface area contributed by atoms with Crippen LogP contribution in [-0.4, -0.2) is 16.7 Å². The van der Waals surface area contributed by atoms with E-state index in [0.717, 1.165) is 11.0 Å². The Morgan fingerprint density at radius 2 is 2.14 bits per heavy atom. The van der Waals surface area contributed by atoms with Gasteiger partial charge in [0.1, 0.15) is 17.1 Å². The minimum Gasteiger partial charge on any atom is -0.494 e. The van der Waals surface area contributed by atoms with Crippen LogP contribution in [0.4, 0.5) is 4.39 Å². The summed E-state index contributed by atoms with van der Waals surface area (Å²) < 4.78 is 21.4. The first-order chi connectivity index (χ1) is 10.0.